The molecule has 1 aliphatic carbocycles. The number of aliphatic hydroxyl groups excluding tert-OH is 1. The molecule has 0 aliphatic heterocycles. The highest BCUT2D eigenvalue weighted by molar-refractivity contribution is 4.85. The van der Waals surface area contributed by atoms with E-state index in [-0.39, 0.29) is 6.61 Å². The molecule has 0 spiro atoms. The molecule has 0 radical (unpaired) electrons. The van der Waals surface area contributed by atoms with E-state index in [1.54, 1.807) is 0 Å². The first-order valence-electron chi connectivity index (χ1n) is 8.31. The van der Waals surface area contributed by atoms with Crippen LogP contribution in [0.3, 0.4) is 0 Å². The average molecular weight is 270 g/mol. The minimum absolute atomic E-state index is 0.282. The van der Waals surface area contributed by atoms with Crippen LogP contribution in [0.4, 0.5) is 0 Å². The van der Waals surface area contributed by atoms with Crippen LogP contribution in [0.15, 0.2) is 0 Å². The molecule has 0 saturated heterocycles. The summed E-state index contributed by atoms with van der Waals surface area (Å²) in [4.78, 5) is 0. The zero-order chi connectivity index (χ0) is 14.1. The lowest BCUT2D eigenvalue weighted by Crippen LogP contribution is -2.37. The maximum Gasteiger partial charge on any atom is 0.0625 e. The molecule has 0 heterocycles. The largest absolute Gasteiger partial charge is 0.396 e. The van der Waals surface area contributed by atoms with Gasteiger partial charge in [-0.2, -0.15) is 0 Å². The van der Waals surface area contributed by atoms with Gasteiger partial charge in [0, 0.05) is 19.1 Å². The molecule has 19 heavy (non-hydrogen) atoms. The summed E-state index contributed by atoms with van der Waals surface area (Å²) in [6, 6.07) is 0. The van der Waals surface area contributed by atoms with Gasteiger partial charge in [-0.1, -0.05) is 52.9 Å². The van der Waals surface area contributed by atoms with Crippen molar-refractivity contribution in [2.24, 2.45) is 11.3 Å². The highest BCUT2D eigenvalue weighted by Crippen LogP contribution is 2.39. The van der Waals surface area contributed by atoms with Crippen LogP contribution < -0.4 is 0 Å². The quantitative estimate of drug-likeness (QED) is 0.623. The molecule has 0 aromatic rings. The summed E-state index contributed by atoms with van der Waals surface area (Å²) < 4.78 is 6.03. The highest BCUT2D eigenvalue weighted by atomic mass is 16.5. The average Bonchev–Trinajstić information content (AvgIpc) is 2.38. The Morgan fingerprint density at radius 2 is 1.79 bits per heavy atom. The predicted octanol–water partition coefficient (Wildman–Crippen LogP) is 4.55. The Kier molecular flexibility index (Phi) is 8.01. The van der Waals surface area contributed by atoms with E-state index in [2.05, 4.69) is 20.8 Å². The van der Waals surface area contributed by atoms with Crippen LogP contribution in [-0.2, 0) is 4.74 Å². The number of aliphatic hydroxyl groups is 1. The summed E-state index contributed by atoms with van der Waals surface area (Å²) >= 11 is 0. The van der Waals surface area contributed by atoms with Crippen molar-refractivity contribution in [3.8, 4) is 0 Å². The van der Waals surface area contributed by atoms with E-state index < -0.39 is 0 Å². The van der Waals surface area contributed by atoms with Gasteiger partial charge < -0.3 is 9.84 Å². The molecule has 0 aromatic carbocycles. The van der Waals surface area contributed by atoms with Crippen molar-refractivity contribution < 1.29 is 9.84 Å². The molecule has 2 atom stereocenters. The Morgan fingerprint density at radius 3 is 2.47 bits per heavy atom. The molecule has 1 fully saturated rings. The monoisotopic (exact) mass is 270 g/mol. The third-order valence-electron chi connectivity index (χ3n) is 4.51. The van der Waals surface area contributed by atoms with Crippen molar-refractivity contribution >= 4 is 0 Å². The van der Waals surface area contributed by atoms with Gasteiger partial charge in [-0.05, 0) is 31.1 Å². The van der Waals surface area contributed by atoms with Gasteiger partial charge in [0.1, 0.15) is 0 Å². The summed E-state index contributed by atoms with van der Waals surface area (Å²) in [5, 5.41) is 9.51. The number of ether oxygens (including phenoxy) is 1. The molecule has 114 valence electrons. The minimum Gasteiger partial charge on any atom is -0.396 e. The highest BCUT2D eigenvalue weighted by Gasteiger charge is 2.34. The van der Waals surface area contributed by atoms with Crippen LogP contribution in [0.1, 0.15) is 78.6 Å². The number of hydrogen-bond donors (Lipinski definition) is 1. The fourth-order valence-corrected chi connectivity index (χ4v) is 3.23. The fourth-order valence-electron chi connectivity index (χ4n) is 3.23. The Balaban J connectivity index is 2.11. The first-order chi connectivity index (χ1) is 9.09. The molecule has 0 bridgehead atoms. The molecule has 0 aromatic heterocycles. The Hall–Kier alpha value is -0.0800. The lowest BCUT2D eigenvalue weighted by atomic mass is 9.71. The van der Waals surface area contributed by atoms with E-state index in [1.807, 2.05) is 0 Å². The molecule has 1 saturated carbocycles. The standard InChI is InChI=1S/C17H34O2/c1-4-5-6-7-8-9-12-19-16-10-11-17(2,3)13-15(16)14-18/h15-16,18H,4-14H2,1-3H3/t15-,16+/m0/s1. The van der Waals surface area contributed by atoms with E-state index in [1.165, 1.54) is 44.9 Å². The lowest BCUT2D eigenvalue weighted by Gasteiger charge is -2.39. The van der Waals surface area contributed by atoms with Crippen molar-refractivity contribution in [2.45, 2.75) is 84.7 Å². The molecular weight excluding hydrogens is 236 g/mol. The van der Waals surface area contributed by atoms with Gasteiger partial charge in [0.05, 0.1) is 6.10 Å². The number of hydrogen-bond acceptors (Lipinski definition) is 2. The van der Waals surface area contributed by atoms with Crippen LogP contribution in [0, 0.1) is 11.3 Å². The maximum atomic E-state index is 9.51. The second-order valence-electron chi connectivity index (χ2n) is 7.03. The first kappa shape index (κ1) is 17.0. The zero-order valence-corrected chi connectivity index (χ0v) is 13.3. The van der Waals surface area contributed by atoms with Gasteiger partial charge >= 0.3 is 0 Å². The first-order valence-corrected chi connectivity index (χ1v) is 8.31. The Morgan fingerprint density at radius 1 is 1.11 bits per heavy atom. The fraction of sp³-hybridized carbons (Fsp3) is 1.00. The third kappa shape index (κ3) is 6.76. The van der Waals surface area contributed by atoms with Gasteiger partial charge in [-0.15, -0.1) is 0 Å². The summed E-state index contributed by atoms with van der Waals surface area (Å²) in [5.41, 5.74) is 0.382. The smallest absolute Gasteiger partial charge is 0.0625 e. The van der Waals surface area contributed by atoms with Crippen molar-refractivity contribution in [1.29, 1.82) is 0 Å². The van der Waals surface area contributed by atoms with Crippen molar-refractivity contribution in [3.05, 3.63) is 0 Å². The van der Waals surface area contributed by atoms with Gasteiger partial charge in [-0.3, -0.25) is 0 Å². The Labute approximate surface area is 119 Å². The number of unbranched alkanes of at least 4 members (excludes halogenated alkanes) is 5. The Bertz CT molecular complexity index is 225. The molecular formula is C17H34O2. The second kappa shape index (κ2) is 8.97. The van der Waals surface area contributed by atoms with E-state index in [0.717, 1.165) is 19.4 Å². The molecule has 2 nitrogen and oxygen atoms in total. The third-order valence-corrected chi connectivity index (χ3v) is 4.51. The SMILES string of the molecule is CCCCCCCCO[C@@H]1CCC(C)(C)C[C@H]1CO. The van der Waals surface area contributed by atoms with Gasteiger partial charge in [0.2, 0.25) is 0 Å². The van der Waals surface area contributed by atoms with E-state index >= 15 is 0 Å². The van der Waals surface area contributed by atoms with Gasteiger partial charge in [0.15, 0.2) is 0 Å². The predicted molar refractivity (Wildman–Crippen MR) is 81.3 cm³/mol. The van der Waals surface area contributed by atoms with Crippen LogP contribution in [-0.4, -0.2) is 24.4 Å². The molecule has 0 unspecified atom stereocenters. The van der Waals surface area contributed by atoms with Crippen molar-refractivity contribution in [1.82, 2.24) is 0 Å². The van der Waals surface area contributed by atoms with E-state index in [4.69, 9.17) is 4.74 Å². The van der Waals surface area contributed by atoms with E-state index in [0.29, 0.717) is 17.4 Å². The second-order valence-corrected chi connectivity index (χ2v) is 7.03. The molecule has 1 N–H and O–H groups in total. The molecule has 0 amide bonds. The van der Waals surface area contributed by atoms with Crippen LogP contribution in [0.25, 0.3) is 0 Å². The van der Waals surface area contributed by atoms with Crippen LogP contribution in [0.2, 0.25) is 0 Å². The topological polar surface area (TPSA) is 29.5 Å². The number of rotatable bonds is 9. The van der Waals surface area contributed by atoms with Crippen molar-refractivity contribution in [2.75, 3.05) is 13.2 Å². The van der Waals surface area contributed by atoms with Crippen LogP contribution in [0.5, 0.6) is 0 Å². The summed E-state index contributed by atoms with van der Waals surface area (Å²) in [5.74, 6) is 0.351. The molecule has 1 rings (SSSR count). The summed E-state index contributed by atoms with van der Waals surface area (Å²) in [6.45, 7) is 8.03. The summed E-state index contributed by atoms with van der Waals surface area (Å²) in [6.07, 6.45) is 11.6. The zero-order valence-electron chi connectivity index (χ0n) is 13.3. The molecule has 1 aliphatic rings. The van der Waals surface area contributed by atoms with E-state index in [9.17, 15) is 5.11 Å². The summed E-state index contributed by atoms with van der Waals surface area (Å²) in [7, 11) is 0. The lowest BCUT2D eigenvalue weighted by molar-refractivity contribution is -0.0556. The molecule has 2 heteroatoms. The minimum atomic E-state index is 0.282. The van der Waals surface area contributed by atoms with Gasteiger partial charge in [0.25, 0.3) is 0 Å². The van der Waals surface area contributed by atoms with Crippen LogP contribution >= 0.6 is 0 Å². The maximum absolute atomic E-state index is 9.51. The van der Waals surface area contributed by atoms with Crippen molar-refractivity contribution in [3.63, 3.8) is 0 Å². The normalized spacial score (nSPS) is 26.5. The van der Waals surface area contributed by atoms with Gasteiger partial charge in [-0.25, -0.2) is 0 Å².